The lowest BCUT2D eigenvalue weighted by Gasteiger charge is -2.35. The van der Waals surface area contributed by atoms with Crippen molar-refractivity contribution < 1.29 is 9.18 Å². The molecule has 0 bridgehead atoms. The van der Waals surface area contributed by atoms with Gasteiger partial charge >= 0.3 is 0 Å². The summed E-state index contributed by atoms with van der Waals surface area (Å²) in [5, 5.41) is 1.61. The number of rotatable bonds is 1. The number of thioether (sulfide) groups is 1. The Kier molecular flexibility index (Phi) is 4.10. The minimum atomic E-state index is -0.561. The SMILES string of the molecule is CC1CN=C(N2CCN(C(=O)c3ccncc3F)CC2)S1. The number of nitrogens with zero attached hydrogens (tertiary/aromatic N) is 4. The Morgan fingerprint density at radius 2 is 2.14 bits per heavy atom. The molecule has 0 aromatic carbocycles. The highest BCUT2D eigenvalue weighted by atomic mass is 32.2. The van der Waals surface area contributed by atoms with Crippen LogP contribution in [0.1, 0.15) is 17.3 Å². The molecule has 2 aliphatic rings. The zero-order valence-electron chi connectivity index (χ0n) is 11.8. The number of pyridine rings is 1. The summed E-state index contributed by atoms with van der Waals surface area (Å²) in [4.78, 5) is 24.4. The molecule has 21 heavy (non-hydrogen) atoms. The average molecular weight is 308 g/mol. The topological polar surface area (TPSA) is 48.8 Å². The molecule has 0 radical (unpaired) electrons. The fourth-order valence-corrected chi connectivity index (χ4v) is 3.45. The van der Waals surface area contributed by atoms with E-state index < -0.39 is 5.82 Å². The van der Waals surface area contributed by atoms with E-state index >= 15 is 0 Å². The van der Waals surface area contributed by atoms with Gasteiger partial charge in [0.1, 0.15) is 0 Å². The molecule has 1 unspecified atom stereocenters. The molecule has 0 N–H and O–H groups in total. The quantitative estimate of drug-likeness (QED) is 0.788. The second-order valence-corrected chi connectivity index (χ2v) is 6.59. The Bertz CT molecular complexity index is 572. The molecule has 3 heterocycles. The van der Waals surface area contributed by atoms with Crippen LogP contribution in [0.4, 0.5) is 4.39 Å². The van der Waals surface area contributed by atoms with Gasteiger partial charge in [-0.25, -0.2) is 4.39 Å². The average Bonchev–Trinajstić information content (AvgIpc) is 2.94. The number of amides is 1. The lowest BCUT2D eigenvalue weighted by molar-refractivity contribution is 0.0689. The van der Waals surface area contributed by atoms with Gasteiger partial charge in [0, 0.05) is 37.6 Å². The van der Waals surface area contributed by atoms with Crippen LogP contribution < -0.4 is 0 Å². The van der Waals surface area contributed by atoms with E-state index in [1.165, 1.54) is 12.3 Å². The molecular formula is C14H17FN4OS. The van der Waals surface area contributed by atoms with Gasteiger partial charge in [0.25, 0.3) is 5.91 Å². The van der Waals surface area contributed by atoms with Gasteiger partial charge in [-0.05, 0) is 6.07 Å². The molecule has 3 rings (SSSR count). The number of hydrogen-bond acceptors (Lipinski definition) is 5. The van der Waals surface area contributed by atoms with Crippen LogP contribution in [0, 0.1) is 5.82 Å². The van der Waals surface area contributed by atoms with Gasteiger partial charge in [-0.15, -0.1) is 0 Å². The van der Waals surface area contributed by atoms with E-state index in [-0.39, 0.29) is 11.5 Å². The number of carbonyl (C=O) groups is 1. The van der Waals surface area contributed by atoms with E-state index in [1.807, 2.05) is 0 Å². The summed E-state index contributed by atoms with van der Waals surface area (Å²) in [5.41, 5.74) is 0.0969. The Balaban J connectivity index is 1.61. The van der Waals surface area contributed by atoms with E-state index in [4.69, 9.17) is 0 Å². The van der Waals surface area contributed by atoms with Crippen molar-refractivity contribution in [1.29, 1.82) is 0 Å². The molecule has 1 fully saturated rings. The third kappa shape index (κ3) is 3.02. The first-order valence-electron chi connectivity index (χ1n) is 7.00. The Labute approximate surface area is 127 Å². The number of hydrogen-bond donors (Lipinski definition) is 0. The second kappa shape index (κ2) is 6.01. The predicted molar refractivity (Wildman–Crippen MR) is 81.0 cm³/mol. The smallest absolute Gasteiger partial charge is 0.257 e. The minimum absolute atomic E-state index is 0.0969. The molecule has 1 aromatic heterocycles. The highest BCUT2D eigenvalue weighted by molar-refractivity contribution is 8.14. The van der Waals surface area contributed by atoms with Gasteiger partial charge in [0.05, 0.1) is 18.3 Å². The summed E-state index contributed by atoms with van der Waals surface area (Å²) in [6.45, 7) is 5.70. The van der Waals surface area contributed by atoms with E-state index in [0.717, 1.165) is 31.0 Å². The molecular weight excluding hydrogens is 291 g/mol. The number of amidine groups is 1. The van der Waals surface area contributed by atoms with Crippen LogP contribution in [0.2, 0.25) is 0 Å². The van der Waals surface area contributed by atoms with Crippen LogP contribution in [0.25, 0.3) is 0 Å². The van der Waals surface area contributed by atoms with Gasteiger partial charge in [-0.3, -0.25) is 14.8 Å². The maximum atomic E-state index is 13.6. The van der Waals surface area contributed by atoms with Crippen molar-refractivity contribution >= 4 is 22.8 Å². The Hall–Kier alpha value is -1.63. The third-order valence-electron chi connectivity index (χ3n) is 3.63. The maximum Gasteiger partial charge on any atom is 0.257 e. The number of halogens is 1. The summed E-state index contributed by atoms with van der Waals surface area (Å²) in [6, 6.07) is 1.43. The Morgan fingerprint density at radius 1 is 1.38 bits per heavy atom. The second-order valence-electron chi connectivity index (χ2n) is 5.19. The lowest BCUT2D eigenvalue weighted by atomic mass is 10.2. The van der Waals surface area contributed by atoms with Crippen molar-refractivity contribution in [2.75, 3.05) is 32.7 Å². The van der Waals surface area contributed by atoms with Crippen molar-refractivity contribution in [2.24, 2.45) is 4.99 Å². The standard InChI is InChI=1S/C14H17FN4OS/c1-10-8-17-14(21-10)19-6-4-18(5-7-19)13(20)11-2-3-16-9-12(11)15/h2-3,9-10H,4-8H2,1H3. The van der Waals surface area contributed by atoms with E-state index in [1.54, 1.807) is 16.7 Å². The Morgan fingerprint density at radius 3 is 2.76 bits per heavy atom. The first kappa shape index (κ1) is 14.3. The molecule has 7 heteroatoms. The zero-order valence-corrected chi connectivity index (χ0v) is 12.6. The minimum Gasteiger partial charge on any atom is -0.348 e. The molecule has 1 atom stereocenters. The summed E-state index contributed by atoms with van der Waals surface area (Å²) >= 11 is 1.78. The van der Waals surface area contributed by atoms with Gasteiger partial charge in [0.2, 0.25) is 0 Å². The molecule has 112 valence electrons. The fourth-order valence-electron chi connectivity index (χ4n) is 2.46. The molecule has 1 amide bonds. The molecule has 2 aliphatic heterocycles. The van der Waals surface area contributed by atoms with E-state index in [2.05, 4.69) is 21.8 Å². The van der Waals surface area contributed by atoms with Gasteiger partial charge in [0.15, 0.2) is 11.0 Å². The summed E-state index contributed by atoms with van der Waals surface area (Å²) in [5.74, 6) is -0.821. The van der Waals surface area contributed by atoms with Gasteiger partial charge in [-0.2, -0.15) is 0 Å². The van der Waals surface area contributed by atoms with Crippen molar-refractivity contribution in [3.8, 4) is 0 Å². The number of aromatic nitrogens is 1. The normalized spacial score (nSPS) is 22.4. The molecule has 1 saturated heterocycles. The van der Waals surface area contributed by atoms with Crippen LogP contribution >= 0.6 is 11.8 Å². The van der Waals surface area contributed by atoms with Crippen LogP contribution in [-0.4, -0.2) is 63.8 Å². The fraction of sp³-hybridized carbons (Fsp3) is 0.500. The number of piperazine rings is 1. The van der Waals surface area contributed by atoms with Gasteiger partial charge < -0.3 is 9.80 Å². The van der Waals surface area contributed by atoms with Crippen molar-refractivity contribution in [3.63, 3.8) is 0 Å². The number of carbonyl (C=O) groups excluding carboxylic acids is 1. The monoisotopic (exact) mass is 308 g/mol. The third-order valence-corrected chi connectivity index (χ3v) is 4.78. The largest absolute Gasteiger partial charge is 0.348 e. The predicted octanol–water partition coefficient (Wildman–Crippen LogP) is 1.47. The maximum absolute atomic E-state index is 13.6. The molecule has 0 saturated carbocycles. The van der Waals surface area contributed by atoms with Crippen LogP contribution in [0.5, 0.6) is 0 Å². The zero-order chi connectivity index (χ0) is 14.8. The van der Waals surface area contributed by atoms with Crippen molar-refractivity contribution in [3.05, 3.63) is 29.8 Å². The van der Waals surface area contributed by atoms with Crippen LogP contribution in [-0.2, 0) is 0 Å². The first-order chi connectivity index (χ1) is 10.1. The molecule has 1 aromatic rings. The van der Waals surface area contributed by atoms with Gasteiger partial charge in [-0.1, -0.05) is 18.7 Å². The molecule has 5 nitrogen and oxygen atoms in total. The van der Waals surface area contributed by atoms with Crippen LogP contribution in [0.3, 0.4) is 0 Å². The highest BCUT2D eigenvalue weighted by Gasteiger charge is 2.27. The molecule has 0 aliphatic carbocycles. The molecule has 0 spiro atoms. The first-order valence-corrected chi connectivity index (χ1v) is 7.88. The lowest BCUT2D eigenvalue weighted by Crippen LogP contribution is -2.50. The number of aliphatic imine (C=N–C) groups is 1. The van der Waals surface area contributed by atoms with E-state index in [0.29, 0.717) is 18.3 Å². The van der Waals surface area contributed by atoms with Crippen LogP contribution in [0.15, 0.2) is 23.5 Å². The summed E-state index contributed by atoms with van der Waals surface area (Å²) < 4.78 is 13.6. The van der Waals surface area contributed by atoms with E-state index in [9.17, 15) is 9.18 Å². The summed E-state index contributed by atoms with van der Waals surface area (Å²) in [7, 11) is 0. The highest BCUT2D eigenvalue weighted by Crippen LogP contribution is 2.24. The van der Waals surface area contributed by atoms with Crippen molar-refractivity contribution in [1.82, 2.24) is 14.8 Å². The summed E-state index contributed by atoms with van der Waals surface area (Å²) in [6.07, 6.45) is 2.52. The van der Waals surface area contributed by atoms with Crippen molar-refractivity contribution in [2.45, 2.75) is 12.2 Å².